The van der Waals surface area contributed by atoms with Crippen LogP contribution in [-0.4, -0.2) is 49.2 Å². The molecule has 1 N–H and O–H groups in total. The Labute approximate surface area is 158 Å². The Morgan fingerprint density at radius 3 is 2.35 bits per heavy atom. The third kappa shape index (κ3) is 3.74. The average Bonchev–Trinajstić information content (AvgIpc) is 3.04. The van der Waals surface area contributed by atoms with Crippen molar-refractivity contribution in [3.05, 3.63) is 65.1 Å². The summed E-state index contributed by atoms with van der Waals surface area (Å²) >= 11 is 1.50. The monoisotopic (exact) mass is 364 g/mol. The van der Waals surface area contributed by atoms with E-state index in [1.165, 1.54) is 27.8 Å². The van der Waals surface area contributed by atoms with Gasteiger partial charge in [-0.1, -0.05) is 54.6 Å². The van der Waals surface area contributed by atoms with Crippen molar-refractivity contribution in [2.24, 2.45) is 4.99 Å². The van der Waals surface area contributed by atoms with Crippen LogP contribution in [0.3, 0.4) is 0 Å². The van der Waals surface area contributed by atoms with Crippen LogP contribution in [0.4, 0.5) is 0 Å². The maximum atomic E-state index is 12.3. The maximum Gasteiger partial charge on any atom is 0.286 e. The minimum atomic E-state index is -0.122. The van der Waals surface area contributed by atoms with Crippen LogP contribution in [0.15, 0.2) is 64.5 Å². The number of thioether (sulfide) groups is 1. The number of benzene rings is 2. The fraction of sp³-hybridized carbons (Fsp3) is 0.238. The predicted molar refractivity (Wildman–Crippen MR) is 108 cm³/mol. The van der Waals surface area contributed by atoms with Gasteiger partial charge < -0.3 is 9.80 Å². The second kappa shape index (κ2) is 7.48. The molecule has 4 nitrogen and oxygen atoms in total. The van der Waals surface area contributed by atoms with Crippen LogP contribution < -0.4 is 4.90 Å². The van der Waals surface area contributed by atoms with Crippen LogP contribution in [0.2, 0.25) is 0 Å². The Morgan fingerprint density at radius 1 is 1.00 bits per heavy atom. The minimum absolute atomic E-state index is 0.122. The first-order valence-electron chi connectivity index (χ1n) is 8.93. The quantitative estimate of drug-likeness (QED) is 0.830. The number of nitrogens with zero attached hydrogens (tertiary/aromatic N) is 2. The number of rotatable bonds is 2. The Bertz CT molecular complexity index is 851. The number of nitrogens with one attached hydrogen (secondary N) is 1. The molecule has 26 heavy (non-hydrogen) atoms. The molecule has 2 aliphatic heterocycles. The van der Waals surface area contributed by atoms with Gasteiger partial charge >= 0.3 is 0 Å². The van der Waals surface area contributed by atoms with Crippen molar-refractivity contribution >= 4 is 28.9 Å². The molecule has 2 aromatic carbocycles. The predicted octanol–water partition coefficient (Wildman–Crippen LogP) is 2.15. The molecule has 0 radical (unpaired) electrons. The average molecular weight is 364 g/mol. The van der Waals surface area contributed by atoms with Crippen molar-refractivity contribution in [1.82, 2.24) is 4.90 Å². The van der Waals surface area contributed by atoms with Gasteiger partial charge in [-0.05, 0) is 34.5 Å². The molecule has 0 atom stereocenters. The molecule has 0 bridgehead atoms. The van der Waals surface area contributed by atoms with E-state index in [0.717, 1.165) is 36.9 Å². The fourth-order valence-corrected chi connectivity index (χ4v) is 4.13. The van der Waals surface area contributed by atoms with Crippen molar-refractivity contribution in [1.29, 1.82) is 0 Å². The van der Waals surface area contributed by atoms with Crippen LogP contribution in [0.25, 0.3) is 17.2 Å². The molecule has 2 aromatic rings. The van der Waals surface area contributed by atoms with E-state index in [-0.39, 0.29) is 5.91 Å². The van der Waals surface area contributed by atoms with Gasteiger partial charge in [-0.15, -0.1) is 0 Å². The number of carbonyl (C=O) groups excluding carboxylic acids is 1. The van der Waals surface area contributed by atoms with Crippen LogP contribution in [0.5, 0.6) is 0 Å². The van der Waals surface area contributed by atoms with Crippen molar-refractivity contribution in [2.45, 2.75) is 0 Å². The highest BCUT2D eigenvalue weighted by molar-refractivity contribution is 8.18. The smallest absolute Gasteiger partial charge is 0.286 e. The standard InChI is InChI=1S/C21H21N3OS/c1-23-11-13-24(14-12-23)21-22-20(25)19(26-21)15-16-7-9-18(10-8-16)17-5-3-2-4-6-17/h2-10,15H,11-14H2,1H3/p+1/b19-15-. The molecule has 0 aliphatic carbocycles. The number of aliphatic imine (C=N–C) groups is 1. The minimum Gasteiger partial charge on any atom is -0.339 e. The van der Waals surface area contributed by atoms with Crippen LogP contribution in [0, 0.1) is 0 Å². The third-order valence-corrected chi connectivity index (χ3v) is 5.86. The summed E-state index contributed by atoms with van der Waals surface area (Å²) in [5.41, 5.74) is 3.40. The fourth-order valence-electron chi connectivity index (χ4n) is 3.17. The molecule has 132 valence electrons. The van der Waals surface area contributed by atoms with Crippen LogP contribution >= 0.6 is 11.8 Å². The molecule has 0 saturated carbocycles. The highest BCUT2D eigenvalue weighted by atomic mass is 32.2. The SMILES string of the molecule is C[NH+]1CCN(C2=NC(=O)/C(=C/c3ccc(-c4ccccc4)cc3)S2)CC1. The second-order valence-corrected chi connectivity index (χ2v) is 7.75. The first-order chi connectivity index (χ1) is 12.7. The van der Waals surface area contributed by atoms with E-state index >= 15 is 0 Å². The largest absolute Gasteiger partial charge is 0.339 e. The first-order valence-corrected chi connectivity index (χ1v) is 9.75. The van der Waals surface area contributed by atoms with Gasteiger partial charge in [-0.3, -0.25) is 4.79 Å². The van der Waals surface area contributed by atoms with E-state index in [1.807, 2.05) is 24.3 Å². The Hall–Kier alpha value is -2.37. The molecule has 1 amide bonds. The van der Waals surface area contributed by atoms with E-state index < -0.39 is 0 Å². The van der Waals surface area contributed by atoms with Gasteiger partial charge in [-0.2, -0.15) is 4.99 Å². The summed E-state index contributed by atoms with van der Waals surface area (Å²) in [6.45, 7) is 4.11. The van der Waals surface area contributed by atoms with E-state index in [2.05, 4.69) is 53.3 Å². The summed E-state index contributed by atoms with van der Waals surface area (Å²) < 4.78 is 0. The number of amides is 1. The lowest BCUT2D eigenvalue weighted by Gasteiger charge is -2.30. The zero-order valence-corrected chi connectivity index (χ0v) is 15.6. The summed E-state index contributed by atoms with van der Waals surface area (Å²) in [6, 6.07) is 18.6. The van der Waals surface area contributed by atoms with E-state index in [1.54, 1.807) is 0 Å². The van der Waals surface area contributed by atoms with E-state index in [4.69, 9.17) is 0 Å². The van der Waals surface area contributed by atoms with Gasteiger partial charge in [0.15, 0.2) is 5.17 Å². The lowest BCUT2D eigenvalue weighted by Crippen LogP contribution is -3.12. The summed E-state index contributed by atoms with van der Waals surface area (Å²) in [5.74, 6) is -0.122. The first kappa shape index (κ1) is 17.1. The second-order valence-electron chi connectivity index (χ2n) is 6.74. The number of carbonyl (C=O) groups is 1. The molecular weight excluding hydrogens is 342 g/mol. The van der Waals surface area contributed by atoms with Crippen molar-refractivity contribution < 1.29 is 9.69 Å². The van der Waals surface area contributed by atoms with Crippen LogP contribution in [-0.2, 0) is 4.79 Å². The maximum absolute atomic E-state index is 12.3. The van der Waals surface area contributed by atoms with Crippen molar-refractivity contribution in [3.63, 3.8) is 0 Å². The highest BCUT2D eigenvalue weighted by Crippen LogP contribution is 2.30. The number of amidine groups is 1. The van der Waals surface area contributed by atoms with E-state index in [0.29, 0.717) is 4.91 Å². The Kier molecular flexibility index (Phi) is 4.91. The lowest BCUT2D eigenvalue weighted by molar-refractivity contribution is -0.883. The van der Waals surface area contributed by atoms with Gasteiger partial charge in [0, 0.05) is 0 Å². The molecule has 0 spiro atoms. The number of hydrogen-bond acceptors (Lipinski definition) is 3. The summed E-state index contributed by atoms with van der Waals surface area (Å²) in [5, 5.41) is 0.856. The number of likely N-dealkylation sites (N-methyl/N-ethyl adjacent to an activating group) is 1. The zero-order chi connectivity index (χ0) is 17.9. The van der Waals surface area contributed by atoms with Gasteiger partial charge in [0.1, 0.15) is 0 Å². The molecule has 2 heterocycles. The molecular formula is C21H22N3OS+. The topological polar surface area (TPSA) is 37.1 Å². The van der Waals surface area contributed by atoms with E-state index in [9.17, 15) is 4.79 Å². The summed E-state index contributed by atoms with van der Waals surface area (Å²) in [7, 11) is 2.20. The number of quaternary nitrogens is 1. The normalized spacial score (nSPS) is 19.9. The Morgan fingerprint density at radius 2 is 1.65 bits per heavy atom. The summed E-state index contributed by atoms with van der Waals surface area (Å²) in [6.07, 6.45) is 1.94. The molecule has 1 fully saturated rings. The number of piperazine rings is 1. The molecule has 2 aliphatic rings. The third-order valence-electron chi connectivity index (χ3n) is 4.81. The van der Waals surface area contributed by atoms with Gasteiger partial charge in [-0.25, -0.2) is 0 Å². The molecule has 0 aromatic heterocycles. The number of hydrogen-bond donors (Lipinski definition) is 1. The van der Waals surface area contributed by atoms with Gasteiger partial charge in [0.2, 0.25) is 0 Å². The van der Waals surface area contributed by atoms with Crippen LogP contribution in [0.1, 0.15) is 5.56 Å². The zero-order valence-electron chi connectivity index (χ0n) is 14.8. The molecule has 0 unspecified atom stereocenters. The molecule has 1 saturated heterocycles. The highest BCUT2D eigenvalue weighted by Gasteiger charge is 2.28. The van der Waals surface area contributed by atoms with Gasteiger partial charge in [0.05, 0.1) is 38.1 Å². The van der Waals surface area contributed by atoms with Gasteiger partial charge in [0.25, 0.3) is 5.91 Å². The molecule has 5 heteroatoms. The van der Waals surface area contributed by atoms with Crippen molar-refractivity contribution in [2.75, 3.05) is 33.2 Å². The summed E-state index contributed by atoms with van der Waals surface area (Å²) in [4.78, 5) is 21.0. The Balaban J connectivity index is 1.46. The van der Waals surface area contributed by atoms with Crippen molar-refractivity contribution in [3.8, 4) is 11.1 Å². The lowest BCUT2D eigenvalue weighted by atomic mass is 10.0. The molecule has 4 rings (SSSR count).